The standard InChI is InChI=1S/C23H31N5O2/c29-22-23(5-8-27(22)11-10-25-12-14-30-15-13-25)4-7-26(18-23)17-20-2-1-3-21(16-20)28-9-6-24-19-28/h1-3,6,9,16,19H,4-5,7-8,10-15,17-18H2. The number of likely N-dealkylation sites (tertiary alicyclic amines) is 2. The van der Waals surface area contributed by atoms with Gasteiger partial charge in [-0.15, -0.1) is 0 Å². The molecule has 5 rings (SSSR count). The van der Waals surface area contributed by atoms with Gasteiger partial charge in [-0.1, -0.05) is 12.1 Å². The highest BCUT2D eigenvalue weighted by Crippen LogP contribution is 2.41. The van der Waals surface area contributed by atoms with Crippen LogP contribution in [0.5, 0.6) is 0 Å². The summed E-state index contributed by atoms with van der Waals surface area (Å²) in [6, 6.07) is 8.60. The molecule has 160 valence electrons. The molecule has 1 aromatic carbocycles. The van der Waals surface area contributed by atoms with Crippen LogP contribution < -0.4 is 0 Å². The summed E-state index contributed by atoms with van der Waals surface area (Å²) >= 11 is 0. The van der Waals surface area contributed by atoms with E-state index in [1.807, 2.05) is 17.1 Å². The molecule has 4 heterocycles. The molecule has 0 saturated carbocycles. The fraction of sp³-hybridized carbons (Fsp3) is 0.565. The van der Waals surface area contributed by atoms with Crippen LogP contribution in [0.2, 0.25) is 0 Å². The van der Waals surface area contributed by atoms with Crippen molar-refractivity contribution in [3.05, 3.63) is 48.5 Å². The SMILES string of the molecule is O=C1N(CCN2CCOCC2)CCC12CCN(Cc1cccc(-n3ccnc3)c1)C2. The summed E-state index contributed by atoms with van der Waals surface area (Å²) in [5.74, 6) is 0.380. The Balaban J connectivity index is 1.17. The topological polar surface area (TPSA) is 53.8 Å². The maximum atomic E-state index is 13.3. The van der Waals surface area contributed by atoms with Crippen LogP contribution >= 0.6 is 0 Å². The van der Waals surface area contributed by atoms with E-state index in [1.165, 1.54) is 5.56 Å². The number of ether oxygens (including phenoxy) is 1. The molecule has 1 aromatic heterocycles. The minimum atomic E-state index is -0.160. The van der Waals surface area contributed by atoms with Crippen LogP contribution in [0, 0.1) is 5.41 Å². The van der Waals surface area contributed by atoms with Gasteiger partial charge in [-0.25, -0.2) is 4.98 Å². The molecule has 3 saturated heterocycles. The van der Waals surface area contributed by atoms with E-state index in [1.54, 1.807) is 6.20 Å². The van der Waals surface area contributed by atoms with Crippen molar-refractivity contribution >= 4 is 5.91 Å². The van der Waals surface area contributed by atoms with Gasteiger partial charge in [-0.05, 0) is 37.1 Å². The summed E-state index contributed by atoms with van der Waals surface area (Å²) in [6.45, 7) is 9.11. The predicted molar refractivity (Wildman–Crippen MR) is 114 cm³/mol. The molecule has 3 aliphatic rings. The number of carbonyl (C=O) groups excluding carboxylic acids is 1. The summed E-state index contributed by atoms with van der Waals surface area (Å²) in [5, 5.41) is 0. The quantitative estimate of drug-likeness (QED) is 0.726. The minimum absolute atomic E-state index is 0.160. The average Bonchev–Trinajstić information content (AvgIpc) is 3.51. The van der Waals surface area contributed by atoms with E-state index in [-0.39, 0.29) is 5.41 Å². The first-order chi connectivity index (χ1) is 14.7. The molecule has 3 fully saturated rings. The van der Waals surface area contributed by atoms with Crippen LogP contribution in [0.4, 0.5) is 0 Å². The van der Waals surface area contributed by atoms with Gasteiger partial charge < -0.3 is 14.2 Å². The monoisotopic (exact) mass is 409 g/mol. The second-order valence-corrected chi connectivity index (χ2v) is 8.88. The lowest BCUT2D eigenvalue weighted by Crippen LogP contribution is -2.43. The van der Waals surface area contributed by atoms with E-state index in [0.29, 0.717) is 5.91 Å². The molecular weight excluding hydrogens is 378 g/mol. The Morgan fingerprint density at radius 1 is 1.03 bits per heavy atom. The van der Waals surface area contributed by atoms with Gasteiger partial charge in [0.05, 0.1) is 25.0 Å². The number of aromatic nitrogens is 2. The van der Waals surface area contributed by atoms with Crippen molar-refractivity contribution in [2.24, 2.45) is 5.41 Å². The van der Waals surface area contributed by atoms with Gasteiger partial charge in [0.15, 0.2) is 0 Å². The molecule has 1 spiro atoms. The summed E-state index contributed by atoms with van der Waals surface area (Å²) in [6.07, 6.45) is 7.58. The van der Waals surface area contributed by atoms with Gasteiger partial charge in [0, 0.05) is 63.9 Å². The molecule has 1 atom stereocenters. The largest absolute Gasteiger partial charge is 0.379 e. The van der Waals surface area contributed by atoms with Gasteiger partial charge in [0.1, 0.15) is 0 Å². The van der Waals surface area contributed by atoms with E-state index >= 15 is 0 Å². The smallest absolute Gasteiger partial charge is 0.230 e. The first kappa shape index (κ1) is 19.7. The summed E-state index contributed by atoms with van der Waals surface area (Å²) in [4.78, 5) is 24.4. The van der Waals surface area contributed by atoms with Crippen molar-refractivity contribution in [1.29, 1.82) is 0 Å². The Kier molecular flexibility index (Phi) is 5.58. The Hall–Kier alpha value is -2.22. The molecule has 2 aromatic rings. The second kappa shape index (κ2) is 8.49. The average molecular weight is 410 g/mol. The zero-order valence-electron chi connectivity index (χ0n) is 17.6. The Morgan fingerprint density at radius 2 is 1.90 bits per heavy atom. The summed E-state index contributed by atoms with van der Waals surface area (Å²) in [7, 11) is 0. The van der Waals surface area contributed by atoms with Gasteiger partial charge >= 0.3 is 0 Å². The first-order valence-corrected chi connectivity index (χ1v) is 11.1. The highest BCUT2D eigenvalue weighted by molar-refractivity contribution is 5.85. The summed E-state index contributed by atoms with van der Waals surface area (Å²) < 4.78 is 7.46. The number of imidazole rings is 1. The second-order valence-electron chi connectivity index (χ2n) is 8.88. The van der Waals surface area contributed by atoms with Crippen molar-refractivity contribution in [2.45, 2.75) is 19.4 Å². The van der Waals surface area contributed by atoms with Crippen molar-refractivity contribution in [3.63, 3.8) is 0 Å². The molecule has 0 bridgehead atoms. The third kappa shape index (κ3) is 4.02. The number of hydrogen-bond acceptors (Lipinski definition) is 5. The van der Waals surface area contributed by atoms with Crippen LogP contribution in [0.3, 0.4) is 0 Å². The highest BCUT2D eigenvalue weighted by atomic mass is 16.5. The van der Waals surface area contributed by atoms with Crippen LogP contribution in [0.25, 0.3) is 5.69 Å². The van der Waals surface area contributed by atoms with Gasteiger partial charge in [-0.3, -0.25) is 14.6 Å². The Bertz CT molecular complexity index is 864. The molecular formula is C23H31N5O2. The predicted octanol–water partition coefficient (Wildman–Crippen LogP) is 1.63. The van der Waals surface area contributed by atoms with Gasteiger partial charge in [-0.2, -0.15) is 0 Å². The lowest BCUT2D eigenvalue weighted by atomic mass is 9.85. The summed E-state index contributed by atoms with van der Waals surface area (Å²) in [5.41, 5.74) is 2.26. The van der Waals surface area contributed by atoms with E-state index in [9.17, 15) is 4.79 Å². The van der Waals surface area contributed by atoms with Crippen LogP contribution in [0.1, 0.15) is 18.4 Å². The molecule has 1 amide bonds. The molecule has 7 nitrogen and oxygen atoms in total. The number of rotatable bonds is 6. The number of amides is 1. The number of hydrogen-bond donors (Lipinski definition) is 0. The molecule has 7 heteroatoms. The molecule has 3 aliphatic heterocycles. The van der Waals surface area contributed by atoms with Crippen molar-refractivity contribution in [1.82, 2.24) is 24.3 Å². The van der Waals surface area contributed by atoms with Gasteiger partial charge in [0.25, 0.3) is 0 Å². The molecule has 0 N–H and O–H groups in total. The fourth-order valence-electron chi connectivity index (χ4n) is 5.15. The molecule has 0 aliphatic carbocycles. The fourth-order valence-corrected chi connectivity index (χ4v) is 5.15. The number of nitrogens with zero attached hydrogens (tertiary/aromatic N) is 5. The Labute approximate surface area is 178 Å². The third-order valence-corrected chi connectivity index (χ3v) is 6.94. The maximum Gasteiger partial charge on any atom is 0.230 e. The van der Waals surface area contributed by atoms with Gasteiger partial charge in [0.2, 0.25) is 5.91 Å². The van der Waals surface area contributed by atoms with E-state index in [0.717, 1.165) is 84.1 Å². The normalized spacial score (nSPS) is 25.6. The molecule has 0 radical (unpaired) electrons. The lowest BCUT2D eigenvalue weighted by molar-refractivity contribution is -0.135. The van der Waals surface area contributed by atoms with Crippen molar-refractivity contribution < 1.29 is 9.53 Å². The zero-order valence-corrected chi connectivity index (χ0v) is 17.6. The van der Waals surface area contributed by atoms with E-state index in [4.69, 9.17) is 4.74 Å². The van der Waals surface area contributed by atoms with Crippen molar-refractivity contribution in [2.75, 3.05) is 59.0 Å². The molecule has 1 unspecified atom stereocenters. The third-order valence-electron chi connectivity index (χ3n) is 6.94. The minimum Gasteiger partial charge on any atom is -0.379 e. The van der Waals surface area contributed by atoms with E-state index < -0.39 is 0 Å². The highest BCUT2D eigenvalue weighted by Gasteiger charge is 2.50. The van der Waals surface area contributed by atoms with Crippen LogP contribution in [-0.2, 0) is 16.1 Å². The zero-order chi connectivity index (χ0) is 20.4. The number of benzene rings is 1. The lowest BCUT2D eigenvalue weighted by Gasteiger charge is -2.29. The van der Waals surface area contributed by atoms with Crippen LogP contribution in [0.15, 0.2) is 43.0 Å². The first-order valence-electron chi connectivity index (χ1n) is 11.1. The molecule has 30 heavy (non-hydrogen) atoms. The maximum absolute atomic E-state index is 13.3. The Morgan fingerprint density at radius 3 is 2.73 bits per heavy atom. The number of morpholine rings is 1. The van der Waals surface area contributed by atoms with E-state index in [2.05, 4.69) is 43.9 Å². The number of carbonyl (C=O) groups is 1. The van der Waals surface area contributed by atoms with Crippen molar-refractivity contribution in [3.8, 4) is 5.69 Å². The van der Waals surface area contributed by atoms with Crippen LogP contribution in [-0.4, -0.2) is 89.2 Å².